The van der Waals surface area contributed by atoms with Gasteiger partial charge in [-0.3, -0.25) is 0 Å². The lowest BCUT2D eigenvalue weighted by molar-refractivity contribution is 0.480. The van der Waals surface area contributed by atoms with Crippen LogP contribution in [0.1, 0.15) is 44.1 Å². The fourth-order valence-corrected chi connectivity index (χ4v) is 4.10. The highest BCUT2D eigenvalue weighted by Crippen LogP contribution is 2.31. The van der Waals surface area contributed by atoms with Crippen molar-refractivity contribution < 1.29 is 4.74 Å². The quantitative estimate of drug-likeness (QED) is 0.366. The molecule has 0 aliphatic heterocycles. The number of aromatic nitrogens is 2. The summed E-state index contributed by atoms with van der Waals surface area (Å²) in [6, 6.07) is 14.1. The van der Waals surface area contributed by atoms with Crippen LogP contribution in [0.15, 0.2) is 66.4 Å². The zero-order chi connectivity index (χ0) is 20.8. The lowest BCUT2D eigenvalue weighted by atomic mass is 9.98. The van der Waals surface area contributed by atoms with Crippen LogP contribution in [0.5, 0.6) is 11.5 Å². The molecule has 4 rings (SSSR count). The van der Waals surface area contributed by atoms with Crippen molar-refractivity contribution in [3.63, 3.8) is 0 Å². The van der Waals surface area contributed by atoms with Crippen molar-refractivity contribution in [2.75, 3.05) is 0 Å². The molecule has 0 amide bonds. The van der Waals surface area contributed by atoms with Crippen LogP contribution in [0.25, 0.3) is 10.9 Å². The highest BCUT2D eigenvalue weighted by atomic mass is 16.5. The summed E-state index contributed by atoms with van der Waals surface area (Å²) in [5.74, 6) is 3.28. The molecule has 1 heterocycles. The van der Waals surface area contributed by atoms with Crippen molar-refractivity contribution >= 4 is 22.6 Å². The van der Waals surface area contributed by atoms with Gasteiger partial charge in [-0.15, -0.1) is 0 Å². The Morgan fingerprint density at radius 1 is 1.10 bits per heavy atom. The molecule has 2 N–H and O–H groups in total. The van der Waals surface area contributed by atoms with Gasteiger partial charge in [-0.05, 0) is 60.7 Å². The van der Waals surface area contributed by atoms with E-state index in [1.54, 1.807) is 0 Å². The third-order valence-electron chi connectivity index (χ3n) is 5.74. The average Bonchev–Trinajstić information content (AvgIpc) is 3.29. The molecule has 1 saturated carbocycles. The standard InChI is InChI=1S/C25H28N4O/c1-2-24(26)29-25-22-16-21(14-15-23(22)27-17-28-25)30-20-12-10-19(11-13-20)9-5-8-18-6-3-4-7-18/h2,10-18H,1,3-9H2,(H2,26,27,28,29). The number of benzene rings is 2. The normalized spacial score (nSPS) is 14.9. The summed E-state index contributed by atoms with van der Waals surface area (Å²) in [7, 11) is 0. The molecule has 0 spiro atoms. The summed E-state index contributed by atoms with van der Waals surface area (Å²) >= 11 is 0. The van der Waals surface area contributed by atoms with Crippen LogP contribution in [0.4, 0.5) is 5.82 Å². The van der Waals surface area contributed by atoms with Crippen LogP contribution < -0.4 is 10.5 Å². The van der Waals surface area contributed by atoms with Gasteiger partial charge >= 0.3 is 0 Å². The SMILES string of the molecule is C=CC(N)=Nc1ncnc2ccc(Oc3ccc(CCCC4CCCC4)cc3)cc12. The number of nitrogens with zero attached hydrogens (tertiary/aromatic N) is 3. The summed E-state index contributed by atoms with van der Waals surface area (Å²) in [4.78, 5) is 12.8. The molecule has 5 heteroatoms. The average molecular weight is 401 g/mol. The second kappa shape index (κ2) is 9.53. The van der Waals surface area contributed by atoms with Crippen LogP contribution in [0.3, 0.4) is 0 Å². The Hall–Kier alpha value is -3.21. The van der Waals surface area contributed by atoms with Gasteiger partial charge in [0.15, 0.2) is 5.82 Å². The van der Waals surface area contributed by atoms with Gasteiger partial charge in [0.05, 0.1) is 5.52 Å². The Balaban J connectivity index is 1.43. The number of ether oxygens (including phenoxy) is 1. The van der Waals surface area contributed by atoms with Gasteiger partial charge in [-0.1, -0.05) is 50.8 Å². The molecule has 1 aliphatic rings. The number of aliphatic imine (C=N–C) groups is 1. The van der Waals surface area contributed by atoms with Crippen molar-refractivity contribution in [2.45, 2.75) is 44.9 Å². The number of fused-ring (bicyclic) bond motifs is 1. The maximum Gasteiger partial charge on any atom is 0.165 e. The predicted molar refractivity (Wildman–Crippen MR) is 122 cm³/mol. The van der Waals surface area contributed by atoms with E-state index >= 15 is 0 Å². The summed E-state index contributed by atoms with van der Waals surface area (Å²) < 4.78 is 6.06. The predicted octanol–water partition coefficient (Wildman–Crippen LogP) is 6.11. The van der Waals surface area contributed by atoms with Crippen LogP contribution in [-0.2, 0) is 6.42 Å². The first kappa shape index (κ1) is 20.1. The van der Waals surface area contributed by atoms with E-state index < -0.39 is 0 Å². The van der Waals surface area contributed by atoms with Crippen molar-refractivity contribution in [1.29, 1.82) is 0 Å². The van der Waals surface area contributed by atoms with Crippen molar-refractivity contribution in [1.82, 2.24) is 9.97 Å². The Morgan fingerprint density at radius 2 is 1.87 bits per heavy atom. The maximum absolute atomic E-state index is 6.06. The van der Waals surface area contributed by atoms with Gasteiger partial charge in [0.2, 0.25) is 0 Å². The molecule has 0 saturated heterocycles. The highest BCUT2D eigenvalue weighted by molar-refractivity contribution is 5.97. The number of hydrogen-bond donors (Lipinski definition) is 1. The zero-order valence-corrected chi connectivity index (χ0v) is 17.3. The first-order valence-corrected chi connectivity index (χ1v) is 10.7. The third-order valence-corrected chi connectivity index (χ3v) is 5.74. The second-order valence-corrected chi connectivity index (χ2v) is 7.91. The molecule has 1 aromatic heterocycles. The van der Waals surface area contributed by atoms with Crippen LogP contribution >= 0.6 is 0 Å². The van der Waals surface area contributed by atoms with E-state index in [1.807, 2.05) is 30.3 Å². The van der Waals surface area contributed by atoms with Crippen LogP contribution in [0, 0.1) is 5.92 Å². The molecule has 1 fully saturated rings. The molecule has 0 bridgehead atoms. The molecule has 0 atom stereocenters. The summed E-state index contributed by atoms with van der Waals surface area (Å²) in [5.41, 5.74) is 7.93. The van der Waals surface area contributed by atoms with Crippen molar-refractivity contribution in [3.8, 4) is 11.5 Å². The topological polar surface area (TPSA) is 73.4 Å². The molecular formula is C25H28N4O. The monoisotopic (exact) mass is 400 g/mol. The molecular weight excluding hydrogens is 372 g/mol. The largest absolute Gasteiger partial charge is 0.457 e. The Bertz CT molecular complexity index is 1040. The van der Waals surface area contributed by atoms with E-state index in [2.05, 4.69) is 33.7 Å². The number of nitrogens with two attached hydrogens (primary N) is 1. The number of hydrogen-bond acceptors (Lipinski definition) is 4. The Morgan fingerprint density at radius 3 is 2.63 bits per heavy atom. The lowest BCUT2D eigenvalue weighted by Crippen LogP contribution is -2.06. The molecule has 0 unspecified atom stereocenters. The van der Waals surface area contributed by atoms with Gasteiger partial charge in [0.1, 0.15) is 23.7 Å². The molecule has 154 valence electrons. The maximum atomic E-state index is 6.06. The molecule has 1 aliphatic carbocycles. The van der Waals surface area contributed by atoms with E-state index in [-0.39, 0.29) is 0 Å². The van der Waals surface area contributed by atoms with E-state index in [4.69, 9.17) is 10.5 Å². The third kappa shape index (κ3) is 5.03. The van der Waals surface area contributed by atoms with Crippen LogP contribution in [0.2, 0.25) is 0 Å². The molecule has 3 aromatic rings. The smallest absolute Gasteiger partial charge is 0.165 e. The summed E-state index contributed by atoms with van der Waals surface area (Å²) in [6.45, 7) is 3.63. The Labute approximate surface area is 177 Å². The molecule has 5 nitrogen and oxygen atoms in total. The minimum Gasteiger partial charge on any atom is -0.457 e. The lowest BCUT2D eigenvalue weighted by Gasteiger charge is -2.10. The Kier molecular flexibility index (Phi) is 6.38. The molecule has 2 aromatic carbocycles. The van der Waals surface area contributed by atoms with Crippen molar-refractivity contribution in [3.05, 3.63) is 67.0 Å². The van der Waals surface area contributed by atoms with E-state index in [0.29, 0.717) is 17.4 Å². The van der Waals surface area contributed by atoms with E-state index in [9.17, 15) is 0 Å². The highest BCUT2D eigenvalue weighted by Gasteiger charge is 2.14. The first-order valence-electron chi connectivity index (χ1n) is 10.7. The van der Waals surface area contributed by atoms with E-state index in [0.717, 1.165) is 29.0 Å². The fourth-order valence-electron chi connectivity index (χ4n) is 4.10. The van der Waals surface area contributed by atoms with Gasteiger partial charge in [0, 0.05) is 5.39 Å². The van der Waals surface area contributed by atoms with Gasteiger partial charge in [-0.25, -0.2) is 15.0 Å². The zero-order valence-electron chi connectivity index (χ0n) is 17.3. The van der Waals surface area contributed by atoms with Gasteiger partial charge in [-0.2, -0.15) is 0 Å². The molecule has 30 heavy (non-hydrogen) atoms. The van der Waals surface area contributed by atoms with Gasteiger partial charge in [0.25, 0.3) is 0 Å². The summed E-state index contributed by atoms with van der Waals surface area (Å²) in [5, 5.41) is 0.781. The minimum atomic E-state index is 0.310. The summed E-state index contributed by atoms with van der Waals surface area (Å²) in [6.07, 6.45) is 12.4. The van der Waals surface area contributed by atoms with Crippen molar-refractivity contribution in [2.24, 2.45) is 16.6 Å². The minimum absolute atomic E-state index is 0.310. The molecule has 0 radical (unpaired) electrons. The second-order valence-electron chi connectivity index (χ2n) is 7.91. The van der Waals surface area contributed by atoms with Gasteiger partial charge < -0.3 is 10.5 Å². The number of rotatable bonds is 8. The van der Waals surface area contributed by atoms with E-state index in [1.165, 1.54) is 56.5 Å². The van der Waals surface area contributed by atoms with Crippen LogP contribution in [-0.4, -0.2) is 15.8 Å². The number of aryl methyl sites for hydroxylation is 1. The fraction of sp³-hybridized carbons (Fsp3) is 0.320. The first-order chi connectivity index (χ1) is 14.7. The number of amidine groups is 1.